The number of para-hydroxylation sites is 2. The molecule has 0 spiro atoms. The van der Waals surface area contributed by atoms with Crippen LogP contribution in [0.4, 0.5) is 10.6 Å². The van der Waals surface area contributed by atoms with Gasteiger partial charge in [0, 0.05) is 39.6 Å². The van der Waals surface area contributed by atoms with Crippen LogP contribution < -0.4 is 10.2 Å². The highest BCUT2D eigenvalue weighted by molar-refractivity contribution is 5.86. The molecule has 6 rings (SSSR count). The topological polar surface area (TPSA) is 133 Å². The predicted molar refractivity (Wildman–Crippen MR) is 171 cm³/mol. The first-order valence-corrected chi connectivity index (χ1v) is 15.8. The Morgan fingerprint density at radius 2 is 1.76 bits per heavy atom. The number of imidazole rings is 2. The predicted octanol–water partition coefficient (Wildman–Crippen LogP) is 3.54. The molecule has 4 aromatic rings. The fourth-order valence-electron chi connectivity index (χ4n) is 6.19. The summed E-state index contributed by atoms with van der Waals surface area (Å²) in [7, 11) is 2.02. The molecule has 0 radical (unpaired) electrons. The summed E-state index contributed by atoms with van der Waals surface area (Å²) in [5.41, 5.74) is 2.81. The normalized spacial score (nSPS) is 17.2. The number of hydrogen-bond acceptors (Lipinski definition) is 9. The van der Waals surface area contributed by atoms with Crippen molar-refractivity contribution in [2.45, 2.75) is 65.5 Å². The summed E-state index contributed by atoms with van der Waals surface area (Å²) in [4.78, 5) is 49.3. The number of rotatable bonds is 6. The second kappa shape index (κ2) is 12.3. The number of nitrogens with zero attached hydrogens (tertiary/aromatic N) is 8. The van der Waals surface area contributed by atoms with E-state index in [0.29, 0.717) is 38.2 Å². The summed E-state index contributed by atoms with van der Waals surface area (Å²) >= 11 is 0. The number of morpholine rings is 1. The zero-order chi connectivity index (χ0) is 31.9. The third-order valence-corrected chi connectivity index (χ3v) is 8.52. The van der Waals surface area contributed by atoms with Crippen LogP contribution in [0, 0.1) is 12.8 Å². The molecule has 13 heteroatoms. The van der Waals surface area contributed by atoms with Gasteiger partial charge in [0.15, 0.2) is 17.0 Å². The number of aromatic nitrogens is 6. The van der Waals surface area contributed by atoms with Crippen LogP contribution in [0.25, 0.3) is 28.1 Å². The van der Waals surface area contributed by atoms with Crippen LogP contribution in [0.15, 0.2) is 24.3 Å². The quantitative estimate of drug-likeness (QED) is 0.345. The Bertz CT molecular complexity index is 1710. The van der Waals surface area contributed by atoms with Gasteiger partial charge < -0.3 is 29.2 Å². The van der Waals surface area contributed by atoms with Gasteiger partial charge in [-0.1, -0.05) is 12.1 Å². The van der Waals surface area contributed by atoms with Crippen molar-refractivity contribution >= 4 is 40.0 Å². The Morgan fingerprint density at radius 1 is 1.04 bits per heavy atom. The number of aryl methyl sites for hydroxylation is 2. The van der Waals surface area contributed by atoms with Gasteiger partial charge in [0.05, 0.1) is 24.2 Å². The summed E-state index contributed by atoms with van der Waals surface area (Å²) in [6.45, 7) is 13.1. The highest BCUT2D eigenvalue weighted by atomic mass is 16.6. The number of alkyl carbamates (subject to hydrolysis) is 1. The molecule has 2 amide bonds. The number of carbonyl (C=O) groups is 2. The van der Waals surface area contributed by atoms with E-state index in [-0.39, 0.29) is 5.91 Å². The van der Waals surface area contributed by atoms with Crippen LogP contribution in [0.3, 0.4) is 0 Å². The maximum Gasteiger partial charge on any atom is 0.408 e. The summed E-state index contributed by atoms with van der Waals surface area (Å²) < 4.78 is 15.0. The first-order chi connectivity index (χ1) is 21.5. The van der Waals surface area contributed by atoms with Gasteiger partial charge in [-0.25, -0.2) is 14.8 Å². The second-order valence-corrected chi connectivity index (χ2v) is 13.0. The third kappa shape index (κ3) is 6.44. The molecule has 45 heavy (non-hydrogen) atoms. The molecule has 13 nitrogen and oxygen atoms in total. The number of hydrogen-bond donors (Lipinski definition) is 1. The van der Waals surface area contributed by atoms with Gasteiger partial charge in [-0.05, 0) is 65.5 Å². The zero-order valence-electron chi connectivity index (χ0n) is 27.0. The van der Waals surface area contributed by atoms with Crippen LogP contribution in [-0.2, 0) is 27.7 Å². The molecule has 5 heterocycles. The van der Waals surface area contributed by atoms with Crippen LogP contribution in [0.1, 0.15) is 52.2 Å². The van der Waals surface area contributed by atoms with E-state index in [1.54, 1.807) is 27.7 Å². The van der Waals surface area contributed by atoms with Gasteiger partial charge >= 0.3 is 6.09 Å². The maximum absolute atomic E-state index is 13.1. The molecule has 2 saturated heterocycles. The van der Waals surface area contributed by atoms with Gasteiger partial charge in [-0.2, -0.15) is 9.97 Å². The molecule has 2 aliphatic rings. The van der Waals surface area contributed by atoms with E-state index in [4.69, 9.17) is 29.4 Å². The Kier molecular flexibility index (Phi) is 8.38. The lowest BCUT2D eigenvalue weighted by atomic mass is 9.93. The van der Waals surface area contributed by atoms with Gasteiger partial charge in [0.1, 0.15) is 23.3 Å². The molecule has 0 aliphatic carbocycles. The van der Waals surface area contributed by atoms with E-state index >= 15 is 0 Å². The number of likely N-dealkylation sites (tertiary alicyclic amines) is 1. The number of carbonyl (C=O) groups excluding carboxylic acids is 2. The smallest absolute Gasteiger partial charge is 0.408 e. The van der Waals surface area contributed by atoms with Gasteiger partial charge in [-0.15, -0.1) is 0 Å². The summed E-state index contributed by atoms with van der Waals surface area (Å²) in [6, 6.07) is 7.37. The first kappa shape index (κ1) is 30.8. The molecule has 240 valence electrons. The molecule has 1 aromatic carbocycles. The standard InChI is InChI=1S/C32H43N9O4/c1-20(33-31(43)45-32(3,4)5)29(42)40-13-11-22(12-14-40)19-25-35-26-27(38(25)6)36-30(37-28(26)39-15-17-44-18-16-39)41-21(2)34-23-9-7-8-10-24(23)41/h7-10,20,22H,11-19H2,1-6H3,(H,33,43). The highest BCUT2D eigenvalue weighted by Gasteiger charge is 2.30. The van der Waals surface area contributed by atoms with Crippen molar-refractivity contribution in [2.75, 3.05) is 44.3 Å². The fraction of sp³-hybridized carbons (Fsp3) is 0.562. The molecule has 2 fully saturated rings. The molecule has 0 bridgehead atoms. The van der Waals surface area contributed by atoms with Crippen molar-refractivity contribution in [1.29, 1.82) is 0 Å². The molecule has 3 aromatic heterocycles. The van der Waals surface area contributed by atoms with E-state index in [2.05, 4.69) is 14.8 Å². The Labute approximate surface area is 262 Å². The highest BCUT2D eigenvalue weighted by Crippen LogP contribution is 2.30. The van der Waals surface area contributed by atoms with Crippen LogP contribution in [0.2, 0.25) is 0 Å². The number of anilines is 1. The number of fused-ring (bicyclic) bond motifs is 2. The van der Waals surface area contributed by atoms with Crippen LogP contribution >= 0.6 is 0 Å². The molecular formula is C32H43N9O4. The average molecular weight is 618 g/mol. The van der Waals surface area contributed by atoms with Crippen molar-refractivity contribution in [2.24, 2.45) is 13.0 Å². The van der Waals surface area contributed by atoms with E-state index in [0.717, 1.165) is 72.0 Å². The van der Waals surface area contributed by atoms with Gasteiger partial charge in [0.25, 0.3) is 0 Å². The summed E-state index contributed by atoms with van der Waals surface area (Å²) in [5.74, 6) is 3.42. The summed E-state index contributed by atoms with van der Waals surface area (Å²) in [6.07, 6.45) is 1.88. The van der Waals surface area contributed by atoms with Gasteiger partial charge in [-0.3, -0.25) is 9.36 Å². The lowest BCUT2D eigenvalue weighted by molar-refractivity contribution is -0.134. The monoisotopic (exact) mass is 617 g/mol. The van der Waals surface area contributed by atoms with E-state index in [1.807, 2.05) is 47.7 Å². The first-order valence-electron chi connectivity index (χ1n) is 15.8. The largest absolute Gasteiger partial charge is 0.444 e. The lowest BCUT2D eigenvalue weighted by Crippen LogP contribution is -2.50. The van der Waals surface area contributed by atoms with Crippen molar-refractivity contribution < 1.29 is 19.1 Å². The fourth-order valence-corrected chi connectivity index (χ4v) is 6.19. The Hall–Kier alpha value is -4.26. The van der Waals surface area contributed by atoms with Crippen LogP contribution in [0.5, 0.6) is 0 Å². The number of amides is 2. The van der Waals surface area contributed by atoms with Gasteiger partial charge in [0.2, 0.25) is 11.9 Å². The van der Waals surface area contributed by atoms with Crippen molar-refractivity contribution in [3.63, 3.8) is 0 Å². The molecular weight excluding hydrogens is 574 g/mol. The Balaban J connectivity index is 1.22. The second-order valence-electron chi connectivity index (χ2n) is 13.0. The van der Waals surface area contributed by atoms with E-state index in [1.165, 1.54) is 0 Å². The minimum Gasteiger partial charge on any atom is -0.444 e. The molecule has 1 N–H and O–H groups in total. The number of nitrogens with one attached hydrogen (secondary N) is 1. The summed E-state index contributed by atoms with van der Waals surface area (Å²) in [5, 5.41) is 2.67. The molecule has 0 saturated carbocycles. The molecule has 2 aliphatic heterocycles. The van der Waals surface area contributed by atoms with Crippen molar-refractivity contribution in [3.8, 4) is 5.95 Å². The number of benzene rings is 1. The van der Waals surface area contributed by atoms with E-state index < -0.39 is 17.7 Å². The minimum atomic E-state index is -0.654. The number of ether oxygens (including phenoxy) is 2. The molecule has 1 unspecified atom stereocenters. The lowest BCUT2D eigenvalue weighted by Gasteiger charge is -2.33. The maximum atomic E-state index is 13.1. The SMILES string of the molecule is Cc1nc2ccccc2n1-c1nc(N2CCOCC2)c2nc(CC3CCN(C(=O)C(C)NC(=O)OC(C)(C)C)CC3)n(C)c2n1. The number of piperidine rings is 1. The average Bonchev–Trinajstić information content (AvgIpc) is 3.51. The van der Waals surface area contributed by atoms with Crippen LogP contribution in [-0.4, -0.2) is 97.0 Å². The van der Waals surface area contributed by atoms with E-state index in [9.17, 15) is 9.59 Å². The minimum absolute atomic E-state index is 0.0951. The zero-order valence-corrected chi connectivity index (χ0v) is 27.0. The van der Waals surface area contributed by atoms with Crippen molar-refractivity contribution in [1.82, 2.24) is 39.3 Å². The molecule has 1 atom stereocenters. The Morgan fingerprint density at radius 3 is 2.47 bits per heavy atom. The van der Waals surface area contributed by atoms with Crippen molar-refractivity contribution in [3.05, 3.63) is 35.9 Å². The third-order valence-electron chi connectivity index (χ3n) is 8.52.